The molecule has 1 aliphatic rings. The Morgan fingerprint density at radius 1 is 1.47 bits per heavy atom. The molecule has 0 saturated heterocycles. The zero-order chi connectivity index (χ0) is 14.2. The summed E-state index contributed by atoms with van der Waals surface area (Å²) in [4.78, 5) is 11.4. The van der Waals surface area contributed by atoms with Crippen molar-refractivity contribution in [2.45, 2.75) is 37.9 Å². The minimum Gasteiger partial charge on any atom is -0.481 e. The van der Waals surface area contributed by atoms with Crippen LogP contribution in [-0.4, -0.2) is 28.9 Å². The maximum atomic E-state index is 12.3. The minimum atomic E-state index is -2.96. The van der Waals surface area contributed by atoms with E-state index in [1.807, 2.05) is 0 Å². The van der Waals surface area contributed by atoms with Crippen molar-refractivity contribution < 1.29 is 28.5 Å². The summed E-state index contributed by atoms with van der Waals surface area (Å²) in [6.07, 6.45) is -0.504. The molecule has 1 saturated carbocycles. The number of aliphatic hydroxyl groups is 1. The average Bonchev–Trinajstić information content (AvgIpc) is 2.26. The van der Waals surface area contributed by atoms with E-state index in [2.05, 4.69) is 4.74 Å². The molecule has 19 heavy (non-hydrogen) atoms. The first-order valence-electron chi connectivity index (χ1n) is 5.82. The molecule has 0 amide bonds. The van der Waals surface area contributed by atoms with Gasteiger partial charge < -0.3 is 14.9 Å². The molecule has 0 bridgehead atoms. The molecule has 0 aromatic heterocycles. The zero-order valence-corrected chi connectivity index (χ0v) is 10.3. The van der Waals surface area contributed by atoms with Gasteiger partial charge in [0.05, 0.1) is 11.5 Å². The van der Waals surface area contributed by atoms with Crippen molar-refractivity contribution in [3.63, 3.8) is 0 Å². The number of aliphatic hydroxyl groups excluding tert-OH is 1. The van der Waals surface area contributed by atoms with Crippen molar-refractivity contribution in [2.75, 3.05) is 0 Å². The van der Waals surface area contributed by atoms with Gasteiger partial charge in [0.25, 0.3) is 0 Å². The molecule has 0 atom stereocenters. The van der Waals surface area contributed by atoms with Crippen molar-refractivity contribution in [3.8, 4) is 5.75 Å². The van der Waals surface area contributed by atoms with E-state index < -0.39 is 24.1 Å². The normalized spacial score (nSPS) is 26.1. The van der Waals surface area contributed by atoms with Crippen LogP contribution in [0.5, 0.6) is 5.75 Å². The van der Waals surface area contributed by atoms with E-state index in [0.717, 1.165) is 0 Å². The van der Waals surface area contributed by atoms with E-state index in [9.17, 15) is 23.8 Å². The van der Waals surface area contributed by atoms with Gasteiger partial charge in [0.15, 0.2) is 0 Å². The van der Waals surface area contributed by atoms with E-state index >= 15 is 0 Å². The lowest BCUT2D eigenvalue weighted by Crippen LogP contribution is -2.50. The number of aryl methyl sites for hydroxylation is 1. The van der Waals surface area contributed by atoms with Gasteiger partial charge in [-0.2, -0.15) is 8.78 Å². The summed E-state index contributed by atoms with van der Waals surface area (Å²) < 4.78 is 28.9. The topological polar surface area (TPSA) is 66.8 Å². The van der Waals surface area contributed by atoms with E-state index in [0.29, 0.717) is 11.1 Å². The van der Waals surface area contributed by atoms with Crippen LogP contribution in [0.3, 0.4) is 0 Å². The summed E-state index contributed by atoms with van der Waals surface area (Å²) in [6, 6.07) is 4.44. The van der Waals surface area contributed by atoms with Crippen LogP contribution in [0.25, 0.3) is 0 Å². The van der Waals surface area contributed by atoms with Crippen LogP contribution >= 0.6 is 0 Å². The van der Waals surface area contributed by atoms with Gasteiger partial charge in [-0.3, -0.25) is 4.79 Å². The molecular formula is C13H14F2O4. The molecule has 1 aromatic rings. The van der Waals surface area contributed by atoms with Crippen LogP contribution in [-0.2, 0) is 10.2 Å². The number of alkyl halides is 2. The quantitative estimate of drug-likeness (QED) is 0.880. The third-order valence-corrected chi connectivity index (χ3v) is 3.53. The summed E-state index contributed by atoms with van der Waals surface area (Å²) >= 11 is 0. The van der Waals surface area contributed by atoms with Crippen molar-refractivity contribution in [3.05, 3.63) is 29.3 Å². The Hall–Kier alpha value is -1.69. The van der Waals surface area contributed by atoms with E-state index in [4.69, 9.17) is 0 Å². The fraction of sp³-hybridized carbons (Fsp3) is 0.462. The molecule has 4 nitrogen and oxygen atoms in total. The second kappa shape index (κ2) is 4.77. The van der Waals surface area contributed by atoms with E-state index in [-0.39, 0.29) is 18.6 Å². The van der Waals surface area contributed by atoms with Gasteiger partial charge in [-0.25, -0.2) is 0 Å². The fourth-order valence-electron chi connectivity index (χ4n) is 2.40. The maximum absolute atomic E-state index is 12.3. The number of hydrogen-bond donors (Lipinski definition) is 2. The first-order chi connectivity index (χ1) is 8.85. The van der Waals surface area contributed by atoms with Crippen LogP contribution in [0.15, 0.2) is 18.2 Å². The molecular weight excluding hydrogens is 258 g/mol. The first kappa shape index (κ1) is 13.7. The third kappa shape index (κ3) is 2.40. The van der Waals surface area contributed by atoms with Gasteiger partial charge in [-0.1, -0.05) is 12.1 Å². The highest BCUT2D eigenvalue weighted by molar-refractivity contribution is 5.83. The zero-order valence-electron chi connectivity index (χ0n) is 10.3. The molecule has 0 spiro atoms. The van der Waals surface area contributed by atoms with Crippen LogP contribution in [0.4, 0.5) is 8.78 Å². The smallest absolute Gasteiger partial charge is 0.387 e. The average molecular weight is 272 g/mol. The number of ether oxygens (including phenoxy) is 1. The molecule has 2 rings (SSSR count). The summed E-state index contributed by atoms with van der Waals surface area (Å²) in [5.41, 5.74) is -0.316. The second-order valence-electron chi connectivity index (χ2n) is 4.81. The van der Waals surface area contributed by atoms with Crippen LogP contribution < -0.4 is 4.74 Å². The molecule has 0 unspecified atom stereocenters. The lowest BCUT2D eigenvalue weighted by Gasteiger charge is -2.42. The Morgan fingerprint density at radius 3 is 2.58 bits per heavy atom. The summed E-state index contributed by atoms with van der Waals surface area (Å²) in [6.45, 7) is -1.36. The molecule has 6 heteroatoms. The van der Waals surface area contributed by atoms with Crippen LogP contribution in [0.1, 0.15) is 24.0 Å². The van der Waals surface area contributed by atoms with Gasteiger partial charge in [-0.15, -0.1) is 0 Å². The number of carboxylic acids is 1. The number of halogens is 2. The number of carboxylic acid groups (broad SMARTS) is 1. The number of carbonyl (C=O) groups is 1. The highest BCUT2D eigenvalue weighted by Crippen LogP contribution is 2.45. The lowest BCUT2D eigenvalue weighted by molar-refractivity contribution is -0.152. The Labute approximate surface area is 108 Å². The summed E-state index contributed by atoms with van der Waals surface area (Å²) in [7, 11) is 0. The monoisotopic (exact) mass is 272 g/mol. The van der Waals surface area contributed by atoms with Gasteiger partial charge in [0.1, 0.15) is 5.75 Å². The summed E-state index contributed by atoms with van der Waals surface area (Å²) in [5, 5.41) is 18.6. The third-order valence-electron chi connectivity index (χ3n) is 3.53. The predicted molar refractivity (Wildman–Crippen MR) is 62.4 cm³/mol. The van der Waals surface area contributed by atoms with Crippen molar-refractivity contribution in [1.82, 2.24) is 0 Å². The fourth-order valence-corrected chi connectivity index (χ4v) is 2.40. The molecule has 0 heterocycles. The van der Waals surface area contributed by atoms with Crippen LogP contribution in [0.2, 0.25) is 0 Å². The molecule has 0 aliphatic heterocycles. The number of hydrogen-bond acceptors (Lipinski definition) is 3. The molecule has 1 aromatic carbocycles. The Kier molecular flexibility index (Phi) is 3.45. The molecule has 104 valence electrons. The van der Waals surface area contributed by atoms with Crippen molar-refractivity contribution in [1.29, 1.82) is 0 Å². The van der Waals surface area contributed by atoms with Crippen LogP contribution in [0, 0.1) is 6.92 Å². The first-order valence-corrected chi connectivity index (χ1v) is 5.82. The van der Waals surface area contributed by atoms with E-state index in [1.165, 1.54) is 6.07 Å². The maximum Gasteiger partial charge on any atom is 0.387 e. The SMILES string of the molecule is Cc1ccc(C2(C(=O)O)CC(O)C2)cc1OC(F)F. The highest BCUT2D eigenvalue weighted by atomic mass is 19.3. The number of rotatable bonds is 4. The second-order valence-corrected chi connectivity index (χ2v) is 4.81. The predicted octanol–water partition coefficient (Wildman–Crippen LogP) is 2.07. The summed E-state index contributed by atoms with van der Waals surface area (Å²) in [5.74, 6) is -1.10. The van der Waals surface area contributed by atoms with Crippen molar-refractivity contribution in [2.24, 2.45) is 0 Å². The molecule has 1 aliphatic carbocycles. The van der Waals surface area contributed by atoms with Gasteiger partial charge >= 0.3 is 12.6 Å². The van der Waals surface area contributed by atoms with Crippen molar-refractivity contribution >= 4 is 5.97 Å². The lowest BCUT2D eigenvalue weighted by atomic mass is 9.62. The highest BCUT2D eigenvalue weighted by Gasteiger charge is 2.51. The molecule has 0 radical (unpaired) electrons. The number of benzene rings is 1. The van der Waals surface area contributed by atoms with Gasteiger partial charge in [0.2, 0.25) is 0 Å². The molecule has 1 fully saturated rings. The minimum absolute atomic E-state index is 0.0329. The number of aliphatic carboxylic acids is 1. The Bertz CT molecular complexity index is 495. The Morgan fingerprint density at radius 2 is 2.11 bits per heavy atom. The Balaban J connectivity index is 2.37. The van der Waals surface area contributed by atoms with Gasteiger partial charge in [0, 0.05) is 0 Å². The molecule has 2 N–H and O–H groups in total. The van der Waals surface area contributed by atoms with E-state index in [1.54, 1.807) is 19.1 Å². The standard InChI is InChI=1S/C13H14F2O4/c1-7-2-3-8(4-10(7)19-12(14)15)13(11(17)18)5-9(16)6-13/h2-4,9,12,16H,5-6H2,1H3,(H,17,18). The largest absolute Gasteiger partial charge is 0.481 e. The van der Waals surface area contributed by atoms with Gasteiger partial charge in [-0.05, 0) is 37.0 Å².